The van der Waals surface area contributed by atoms with Gasteiger partial charge in [0, 0.05) is 36.3 Å². The molecule has 15 heteroatoms. The fourth-order valence-corrected chi connectivity index (χ4v) is 4.67. The number of nitrogens with zero attached hydrogens (tertiary/aromatic N) is 8. The molecular weight excluding hydrogens is 555 g/mol. The van der Waals surface area contributed by atoms with Gasteiger partial charge in [-0.25, -0.2) is 31.7 Å². The Hall–Kier alpha value is -4.63. The van der Waals surface area contributed by atoms with E-state index >= 15 is 4.39 Å². The van der Waals surface area contributed by atoms with Gasteiger partial charge in [0.05, 0.1) is 56.7 Å². The average Bonchev–Trinajstić information content (AvgIpc) is 3.60. The van der Waals surface area contributed by atoms with E-state index in [1.54, 1.807) is 49.3 Å². The van der Waals surface area contributed by atoms with Crippen molar-refractivity contribution in [2.75, 3.05) is 19.1 Å². The second-order valence-corrected chi connectivity index (χ2v) is 10.6. The molecule has 0 bridgehead atoms. The van der Waals surface area contributed by atoms with Gasteiger partial charge in [-0.2, -0.15) is 5.10 Å². The fraction of sp³-hybridized carbons (Fsp3) is 0.269. The van der Waals surface area contributed by atoms with Gasteiger partial charge in [0.2, 0.25) is 10.9 Å². The molecule has 13 nitrogen and oxygen atoms in total. The standard InChI is InChI=1S/C26H27FN8O5S/c1-26(2,36)15-33-13-16(11-30-33)19-12-29-18-5-6-22(32-25(18)31-19)34(14-23-28-7-8-35(23)41(37)38)20-9-17(39-3)10-21(40-4)24(20)27/h5-13,36,41H,14-15H2,1-4H3. The predicted molar refractivity (Wildman–Crippen MR) is 148 cm³/mol. The number of aliphatic hydroxyl groups is 1. The van der Waals surface area contributed by atoms with Crippen LogP contribution in [-0.2, 0) is 24.0 Å². The van der Waals surface area contributed by atoms with Crippen LogP contribution in [0.2, 0.25) is 0 Å². The lowest BCUT2D eigenvalue weighted by Gasteiger charge is -2.25. The number of benzene rings is 1. The first-order valence-electron chi connectivity index (χ1n) is 12.3. The zero-order valence-electron chi connectivity index (χ0n) is 22.6. The number of hydrogen-bond acceptors (Lipinski definition) is 11. The van der Waals surface area contributed by atoms with Crippen LogP contribution in [0.25, 0.3) is 22.4 Å². The summed E-state index contributed by atoms with van der Waals surface area (Å²) in [6.45, 7) is 3.48. The van der Waals surface area contributed by atoms with Crippen molar-refractivity contribution in [3.8, 4) is 22.8 Å². The van der Waals surface area contributed by atoms with Crippen LogP contribution in [-0.4, -0.2) is 67.0 Å². The number of ether oxygens (including phenoxy) is 2. The van der Waals surface area contributed by atoms with Crippen LogP contribution in [0.4, 0.5) is 15.9 Å². The maximum atomic E-state index is 15.7. The summed E-state index contributed by atoms with van der Waals surface area (Å²) < 4.78 is 52.4. The third-order valence-corrected chi connectivity index (χ3v) is 6.77. The molecule has 1 aromatic carbocycles. The van der Waals surface area contributed by atoms with Gasteiger partial charge in [0.25, 0.3) is 0 Å². The number of rotatable bonds is 10. The molecule has 0 fully saturated rings. The van der Waals surface area contributed by atoms with Crippen LogP contribution >= 0.6 is 0 Å². The molecule has 0 atom stereocenters. The van der Waals surface area contributed by atoms with Gasteiger partial charge in [-0.3, -0.25) is 9.67 Å². The Balaban J connectivity index is 1.62. The molecule has 0 amide bonds. The van der Waals surface area contributed by atoms with E-state index in [1.807, 2.05) is 0 Å². The second kappa shape index (κ2) is 11.1. The molecule has 41 heavy (non-hydrogen) atoms. The Labute approximate surface area is 235 Å². The van der Waals surface area contributed by atoms with Gasteiger partial charge in [-0.05, 0) is 26.0 Å². The van der Waals surface area contributed by atoms with Crippen molar-refractivity contribution < 1.29 is 27.4 Å². The number of halogens is 1. The van der Waals surface area contributed by atoms with Crippen molar-refractivity contribution in [1.82, 2.24) is 33.7 Å². The lowest BCUT2D eigenvalue weighted by atomic mass is 10.1. The van der Waals surface area contributed by atoms with Gasteiger partial charge in [-0.1, -0.05) is 0 Å². The summed E-state index contributed by atoms with van der Waals surface area (Å²) in [5.41, 5.74) is 0.953. The maximum Gasteiger partial charge on any atom is 0.229 e. The van der Waals surface area contributed by atoms with E-state index in [4.69, 9.17) is 9.47 Å². The van der Waals surface area contributed by atoms with Crippen LogP contribution in [0.1, 0.15) is 19.7 Å². The van der Waals surface area contributed by atoms with Crippen LogP contribution < -0.4 is 14.4 Å². The topological polar surface area (TPSA) is 150 Å². The minimum absolute atomic E-state index is 0.0146. The van der Waals surface area contributed by atoms with Crippen molar-refractivity contribution in [2.24, 2.45) is 0 Å². The van der Waals surface area contributed by atoms with E-state index in [0.29, 0.717) is 22.5 Å². The SMILES string of the molecule is COc1cc(OC)c(F)c(N(Cc2nccn2[SH](=O)=O)c2ccc3ncc(-c4cnn(CC(C)(C)O)c4)nc3n2)c1. The van der Waals surface area contributed by atoms with Crippen molar-refractivity contribution in [3.05, 3.63) is 66.9 Å². The summed E-state index contributed by atoms with van der Waals surface area (Å²) in [7, 11) is -0.257. The zero-order chi connectivity index (χ0) is 29.3. The van der Waals surface area contributed by atoms with Crippen molar-refractivity contribution in [1.29, 1.82) is 0 Å². The first kappa shape index (κ1) is 27.9. The van der Waals surface area contributed by atoms with E-state index < -0.39 is 22.3 Å². The van der Waals surface area contributed by atoms with Gasteiger partial charge in [0.1, 0.15) is 22.9 Å². The molecule has 5 rings (SSSR count). The van der Waals surface area contributed by atoms with Gasteiger partial charge >= 0.3 is 0 Å². The number of pyridine rings is 1. The van der Waals surface area contributed by atoms with Crippen LogP contribution in [0, 0.1) is 5.82 Å². The molecule has 4 aromatic heterocycles. The number of hydrogen-bond donors (Lipinski definition) is 2. The van der Waals surface area contributed by atoms with Crippen LogP contribution in [0.5, 0.6) is 11.5 Å². The molecule has 0 spiro atoms. The Kier molecular flexibility index (Phi) is 7.55. The third kappa shape index (κ3) is 5.95. The predicted octanol–water partition coefficient (Wildman–Crippen LogP) is 2.72. The smallest absolute Gasteiger partial charge is 0.229 e. The number of fused-ring (bicyclic) bond motifs is 1. The highest BCUT2D eigenvalue weighted by Gasteiger charge is 2.23. The molecule has 0 aliphatic carbocycles. The van der Waals surface area contributed by atoms with E-state index in [9.17, 15) is 13.5 Å². The monoisotopic (exact) mass is 582 g/mol. The number of anilines is 2. The number of thiol groups is 1. The van der Waals surface area contributed by atoms with Gasteiger partial charge in [-0.15, -0.1) is 0 Å². The maximum absolute atomic E-state index is 15.7. The largest absolute Gasteiger partial charge is 0.497 e. The summed E-state index contributed by atoms with van der Waals surface area (Å²) >= 11 is 0. The molecular formula is C26H27FN8O5S. The third-order valence-electron chi connectivity index (χ3n) is 6.06. The minimum atomic E-state index is -3.02. The molecule has 0 saturated carbocycles. The number of methoxy groups -OCH3 is 2. The van der Waals surface area contributed by atoms with E-state index in [0.717, 1.165) is 3.97 Å². The summed E-state index contributed by atoms with van der Waals surface area (Å²) in [4.78, 5) is 19.4. The Morgan fingerprint density at radius 2 is 1.90 bits per heavy atom. The fourth-order valence-electron chi connectivity index (χ4n) is 4.20. The quantitative estimate of drug-likeness (QED) is 0.234. The van der Waals surface area contributed by atoms with E-state index in [-0.39, 0.29) is 41.8 Å². The molecule has 4 heterocycles. The van der Waals surface area contributed by atoms with Crippen LogP contribution in [0.15, 0.2) is 55.2 Å². The lowest BCUT2D eigenvalue weighted by molar-refractivity contribution is 0.0577. The van der Waals surface area contributed by atoms with Crippen molar-refractivity contribution in [3.63, 3.8) is 0 Å². The number of aromatic nitrogens is 7. The molecule has 0 aliphatic rings. The van der Waals surface area contributed by atoms with E-state index in [2.05, 4.69) is 25.0 Å². The Morgan fingerprint density at radius 3 is 2.61 bits per heavy atom. The molecule has 214 valence electrons. The Bertz CT molecular complexity index is 1790. The molecule has 0 unspecified atom stereocenters. The summed E-state index contributed by atoms with van der Waals surface area (Å²) in [5, 5.41) is 14.4. The highest BCUT2D eigenvalue weighted by molar-refractivity contribution is 7.70. The second-order valence-electron chi connectivity index (χ2n) is 9.68. The van der Waals surface area contributed by atoms with E-state index in [1.165, 1.54) is 43.6 Å². The normalized spacial score (nSPS) is 11.8. The first-order valence-corrected chi connectivity index (χ1v) is 13.4. The van der Waals surface area contributed by atoms with Crippen molar-refractivity contribution >= 4 is 33.6 Å². The summed E-state index contributed by atoms with van der Waals surface area (Å²) in [6, 6.07) is 6.15. The highest BCUT2D eigenvalue weighted by atomic mass is 32.2. The zero-order valence-corrected chi connectivity index (χ0v) is 23.5. The number of imidazole rings is 1. The van der Waals surface area contributed by atoms with Crippen LogP contribution in [0.3, 0.4) is 0 Å². The van der Waals surface area contributed by atoms with Crippen molar-refractivity contribution in [2.45, 2.75) is 32.5 Å². The van der Waals surface area contributed by atoms with Gasteiger partial charge < -0.3 is 19.5 Å². The highest BCUT2D eigenvalue weighted by Crippen LogP contribution is 2.37. The average molecular weight is 583 g/mol. The molecule has 0 saturated heterocycles. The lowest BCUT2D eigenvalue weighted by Crippen LogP contribution is -2.26. The first-order chi connectivity index (χ1) is 19.6. The summed E-state index contributed by atoms with van der Waals surface area (Å²) in [6.07, 6.45) is 7.57. The molecule has 1 N–H and O–H groups in total. The molecule has 0 aliphatic heterocycles. The summed E-state index contributed by atoms with van der Waals surface area (Å²) in [5.74, 6) is -0.102. The molecule has 5 aromatic rings. The van der Waals surface area contributed by atoms with Gasteiger partial charge in [0.15, 0.2) is 17.2 Å². The minimum Gasteiger partial charge on any atom is -0.497 e. The molecule has 0 radical (unpaired) electrons. The Morgan fingerprint density at radius 1 is 1.10 bits per heavy atom.